The van der Waals surface area contributed by atoms with Gasteiger partial charge in [-0.15, -0.1) is 0 Å². The van der Waals surface area contributed by atoms with Crippen molar-refractivity contribution in [1.29, 1.82) is 0 Å². The summed E-state index contributed by atoms with van der Waals surface area (Å²) in [5.41, 5.74) is 0.563. The molecule has 130 valence electrons. The average Bonchev–Trinajstić information content (AvgIpc) is 2.62. The van der Waals surface area contributed by atoms with Gasteiger partial charge in [0.05, 0.1) is 11.8 Å². The van der Waals surface area contributed by atoms with E-state index in [0.29, 0.717) is 31.5 Å². The zero-order valence-corrected chi connectivity index (χ0v) is 14.2. The predicted octanol–water partition coefficient (Wildman–Crippen LogP) is 0.0528. The number of piperidine rings is 1. The number of rotatable bonds is 3. The van der Waals surface area contributed by atoms with Crippen molar-refractivity contribution in [3.05, 3.63) is 35.9 Å². The Labute approximate surface area is 141 Å². The van der Waals surface area contributed by atoms with Crippen LogP contribution in [-0.2, 0) is 14.8 Å². The van der Waals surface area contributed by atoms with Gasteiger partial charge < -0.3 is 10.2 Å². The van der Waals surface area contributed by atoms with Gasteiger partial charge in [-0.2, -0.15) is 4.31 Å². The lowest BCUT2D eigenvalue weighted by Crippen LogP contribution is -2.55. The van der Waals surface area contributed by atoms with Crippen LogP contribution in [0.5, 0.6) is 0 Å². The summed E-state index contributed by atoms with van der Waals surface area (Å²) in [5, 5.41) is 1.98. The molecule has 24 heavy (non-hydrogen) atoms. The molecule has 2 aliphatic rings. The maximum Gasteiger partial charge on any atom is 0.253 e. The van der Waals surface area contributed by atoms with E-state index in [1.165, 1.54) is 4.31 Å². The molecule has 3 rings (SSSR count). The van der Waals surface area contributed by atoms with Crippen LogP contribution in [0.25, 0.3) is 0 Å². The van der Waals surface area contributed by atoms with E-state index in [2.05, 4.69) is 5.32 Å². The Balaban J connectivity index is 1.73. The lowest BCUT2D eigenvalue weighted by atomic mass is 10.1. The first-order valence-corrected chi connectivity index (χ1v) is 9.59. The second-order valence-corrected chi connectivity index (χ2v) is 8.32. The Morgan fingerprint density at radius 2 is 1.92 bits per heavy atom. The summed E-state index contributed by atoms with van der Waals surface area (Å²) in [7, 11) is -3.59. The summed E-state index contributed by atoms with van der Waals surface area (Å²) >= 11 is 0. The average molecular weight is 351 g/mol. The first kappa shape index (κ1) is 16.9. The van der Waals surface area contributed by atoms with Gasteiger partial charge in [0.25, 0.3) is 5.91 Å². The number of piperazine rings is 1. The van der Waals surface area contributed by atoms with E-state index in [4.69, 9.17) is 0 Å². The molecule has 1 unspecified atom stereocenters. The normalized spacial score (nSPS) is 22.9. The topological polar surface area (TPSA) is 86.8 Å². The zero-order chi connectivity index (χ0) is 17.2. The fourth-order valence-electron chi connectivity index (χ4n) is 3.17. The molecule has 8 heteroatoms. The molecule has 2 amide bonds. The van der Waals surface area contributed by atoms with E-state index in [1.807, 2.05) is 6.07 Å². The minimum absolute atomic E-state index is 0.133. The molecule has 2 aliphatic heterocycles. The standard InChI is InChI=1S/C16H21N3O4S/c20-15-12-19(10-8-17-15)24(22,23)14-7-4-9-18(11-14)16(21)13-5-2-1-3-6-13/h1-3,5-6,14H,4,7-12H2,(H,17,20). The van der Waals surface area contributed by atoms with Crippen molar-refractivity contribution in [3.8, 4) is 0 Å². The number of carbonyl (C=O) groups excluding carboxylic acids is 2. The Morgan fingerprint density at radius 1 is 1.17 bits per heavy atom. The van der Waals surface area contributed by atoms with Crippen LogP contribution < -0.4 is 5.32 Å². The highest BCUT2D eigenvalue weighted by Gasteiger charge is 2.38. The van der Waals surface area contributed by atoms with Crippen LogP contribution in [0.1, 0.15) is 23.2 Å². The molecule has 1 N–H and O–H groups in total. The number of hydrogen-bond acceptors (Lipinski definition) is 4. The molecule has 2 fully saturated rings. The van der Waals surface area contributed by atoms with Crippen LogP contribution in [0.4, 0.5) is 0 Å². The number of hydrogen-bond donors (Lipinski definition) is 1. The third kappa shape index (κ3) is 3.44. The highest BCUT2D eigenvalue weighted by atomic mass is 32.2. The van der Waals surface area contributed by atoms with E-state index >= 15 is 0 Å². The quantitative estimate of drug-likeness (QED) is 0.834. The van der Waals surface area contributed by atoms with Crippen molar-refractivity contribution < 1.29 is 18.0 Å². The van der Waals surface area contributed by atoms with E-state index in [1.54, 1.807) is 29.2 Å². The Bertz CT molecular complexity index is 720. The number of benzene rings is 1. The Hall–Kier alpha value is -1.93. The highest BCUT2D eigenvalue weighted by molar-refractivity contribution is 7.89. The van der Waals surface area contributed by atoms with Crippen molar-refractivity contribution >= 4 is 21.8 Å². The minimum atomic E-state index is -3.59. The summed E-state index contributed by atoms with van der Waals surface area (Å²) in [6, 6.07) is 8.88. The molecule has 7 nitrogen and oxygen atoms in total. The second kappa shape index (κ2) is 6.90. The van der Waals surface area contributed by atoms with Crippen LogP contribution in [0, 0.1) is 0 Å². The molecule has 2 heterocycles. The SMILES string of the molecule is O=C1CN(S(=O)(=O)C2CCCN(C(=O)c3ccccc3)C2)CCN1. The van der Waals surface area contributed by atoms with Gasteiger partial charge in [-0.05, 0) is 25.0 Å². The van der Waals surface area contributed by atoms with Crippen LogP contribution in [-0.4, -0.2) is 67.4 Å². The Kier molecular flexibility index (Phi) is 4.86. The largest absolute Gasteiger partial charge is 0.354 e. The number of sulfonamides is 1. The van der Waals surface area contributed by atoms with E-state index in [0.717, 1.165) is 0 Å². The fraction of sp³-hybridized carbons (Fsp3) is 0.500. The van der Waals surface area contributed by atoms with Crippen LogP contribution >= 0.6 is 0 Å². The molecule has 0 saturated carbocycles. The molecule has 1 aromatic carbocycles. The molecule has 0 radical (unpaired) electrons. The molecule has 0 bridgehead atoms. The van der Waals surface area contributed by atoms with Gasteiger partial charge >= 0.3 is 0 Å². The molecule has 0 aromatic heterocycles. The molecular formula is C16H21N3O4S. The van der Waals surface area contributed by atoms with E-state index < -0.39 is 15.3 Å². The summed E-state index contributed by atoms with van der Waals surface area (Å²) in [4.78, 5) is 25.6. The molecule has 0 aliphatic carbocycles. The number of likely N-dealkylation sites (tertiary alicyclic amines) is 1. The predicted molar refractivity (Wildman–Crippen MR) is 88.9 cm³/mol. The summed E-state index contributed by atoms with van der Waals surface area (Å²) in [6.45, 7) is 1.22. The van der Waals surface area contributed by atoms with Crippen molar-refractivity contribution in [2.75, 3.05) is 32.7 Å². The van der Waals surface area contributed by atoms with Gasteiger partial charge in [-0.3, -0.25) is 9.59 Å². The zero-order valence-electron chi connectivity index (χ0n) is 13.3. The van der Waals surface area contributed by atoms with Crippen molar-refractivity contribution in [2.24, 2.45) is 0 Å². The van der Waals surface area contributed by atoms with Gasteiger partial charge in [-0.1, -0.05) is 18.2 Å². The van der Waals surface area contributed by atoms with Crippen molar-refractivity contribution in [1.82, 2.24) is 14.5 Å². The lowest BCUT2D eigenvalue weighted by Gasteiger charge is -2.36. The van der Waals surface area contributed by atoms with Gasteiger partial charge in [-0.25, -0.2) is 8.42 Å². The summed E-state index contributed by atoms with van der Waals surface area (Å²) in [6.07, 6.45) is 1.15. The first-order chi connectivity index (χ1) is 11.5. The third-order valence-electron chi connectivity index (χ3n) is 4.47. The van der Waals surface area contributed by atoms with Gasteiger partial charge in [0.2, 0.25) is 15.9 Å². The number of nitrogens with one attached hydrogen (secondary N) is 1. The maximum atomic E-state index is 12.8. The van der Waals surface area contributed by atoms with Crippen molar-refractivity contribution in [2.45, 2.75) is 18.1 Å². The number of nitrogens with zero attached hydrogens (tertiary/aromatic N) is 2. The van der Waals surface area contributed by atoms with E-state index in [-0.39, 0.29) is 31.4 Å². The Morgan fingerprint density at radius 3 is 2.62 bits per heavy atom. The molecular weight excluding hydrogens is 330 g/mol. The fourth-order valence-corrected chi connectivity index (χ4v) is 5.07. The van der Waals surface area contributed by atoms with Crippen LogP contribution in [0.2, 0.25) is 0 Å². The third-order valence-corrected chi connectivity index (χ3v) is 6.73. The monoisotopic (exact) mass is 351 g/mol. The minimum Gasteiger partial charge on any atom is -0.354 e. The van der Waals surface area contributed by atoms with Crippen molar-refractivity contribution in [3.63, 3.8) is 0 Å². The molecule has 1 aromatic rings. The van der Waals surface area contributed by atoms with Crippen LogP contribution in [0.3, 0.4) is 0 Å². The number of carbonyl (C=O) groups is 2. The summed E-state index contributed by atoms with van der Waals surface area (Å²) < 4.78 is 26.8. The summed E-state index contributed by atoms with van der Waals surface area (Å²) in [5.74, 6) is -0.426. The van der Waals surface area contributed by atoms with E-state index in [9.17, 15) is 18.0 Å². The lowest BCUT2D eigenvalue weighted by molar-refractivity contribution is -0.122. The first-order valence-electron chi connectivity index (χ1n) is 8.08. The maximum absolute atomic E-state index is 12.8. The second-order valence-electron chi connectivity index (χ2n) is 6.11. The highest BCUT2D eigenvalue weighted by Crippen LogP contribution is 2.22. The molecule has 0 spiro atoms. The van der Waals surface area contributed by atoms with Crippen LogP contribution in [0.15, 0.2) is 30.3 Å². The van der Waals surface area contributed by atoms with Gasteiger partial charge in [0, 0.05) is 31.7 Å². The van der Waals surface area contributed by atoms with Gasteiger partial charge in [0.15, 0.2) is 0 Å². The smallest absolute Gasteiger partial charge is 0.253 e. The number of amides is 2. The molecule has 1 atom stereocenters. The van der Waals surface area contributed by atoms with Gasteiger partial charge in [0.1, 0.15) is 0 Å². The molecule has 2 saturated heterocycles.